The summed E-state index contributed by atoms with van der Waals surface area (Å²) in [6, 6.07) is 16.6. The standard InChI is InChI=1S/C24H26N6O3/c1-4-14-30-20-21(28(2)24(32)29(3)22(20)31)26-23(30)27-25-15-17-10-12-19(13-11-17)33-16-18-8-6-5-7-9-18/h5-13,15,20H,4,14,16H2,1-3H3/p+1/b25-15+. The Kier molecular flexibility index (Phi) is 6.48. The summed E-state index contributed by atoms with van der Waals surface area (Å²) >= 11 is 0. The Bertz CT molecular complexity index is 1120. The number of benzene rings is 2. The summed E-state index contributed by atoms with van der Waals surface area (Å²) in [5, 5.41) is 4.30. The van der Waals surface area contributed by atoms with E-state index in [1.54, 1.807) is 13.3 Å². The Labute approximate surface area is 192 Å². The van der Waals surface area contributed by atoms with E-state index < -0.39 is 12.1 Å². The number of imide groups is 1. The van der Waals surface area contributed by atoms with Crippen LogP contribution in [0.3, 0.4) is 0 Å². The second-order valence-electron chi connectivity index (χ2n) is 7.84. The zero-order chi connectivity index (χ0) is 23.4. The quantitative estimate of drug-likeness (QED) is 0.401. The number of fused-ring (bicyclic) bond motifs is 1. The van der Waals surface area contributed by atoms with Gasteiger partial charge in [-0.2, -0.15) is 5.43 Å². The molecule has 0 saturated carbocycles. The topological polar surface area (TPSA) is 89.6 Å². The summed E-state index contributed by atoms with van der Waals surface area (Å²) < 4.78 is 7.65. The molecule has 2 aromatic carbocycles. The van der Waals surface area contributed by atoms with Crippen molar-refractivity contribution in [3.05, 3.63) is 65.7 Å². The molecule has 2 aromatic rings. The zero-order valence-corrected chi connectivity index (χ0v) is 18.9. The van der Waals surface area contributed by atoms with E-state index in [2.05, 4.69) is 15.5 Å². The first-order chi connectivity index (χ1) is 16.0. The summed E-state index contributed by atoms with van der Waals surface area (Å²) in [5.74, 6) is 1.33. The number of nitrogens with zero attached hydrogens (tertiary/aromatic N) is 5. The first-order valence-corrected chi connectivity index (χ1v) is 10.8. The van der Waals surface area contributed by atoms with Crippen molar-refractivity contribution < 1.29 is 18.9 Å². The van der Waals surface area contributed by atoms with Gasteiger partial charge >= 0.3 is 12.0 Å². The van der Waals surface area contributed by atoms with E-state index in [9.17, 15) is 9.59 Å². The highest BCUT2D eigenvalue weighted by molar-refractivity contribution is 6.22. The van der Waals surface area contributed by atoms with E-state index in [0.29, 0.717) is 24.9 Å². The molecule has 1 saturated heterocycles. The Morgan fingerprint density at radius 2 is 1.82 bits per heavy atom. The monoisotopic (exact) mass is 447 g/mol. The summed E-state index contributed by atoms with van der Waals surface area (Å²) in [5.41, 5.74) is 4.92. The summed E-state index contributed by atoms with van der Waals surface area (Å²) in [6.07, 6.45) is 2.48. The molecule has 0 bridgehead atoms. The Balaban J connectivity index is 1.43. The molecule has 2 aliphatic heterocycles. The van der Waals surface area contributed by atoms with Gasteiger partial charge in [-0.25, -0.2) is 9.37 Å². The molecule has 3 amide bonds. The molecule has 170 valence electrons. The van der Waals surface area contributed by atoms with E-state index >= 15 is 0 Å². The van der Waals surface area contributed by atoms with Gasteiger partial charge in [0.05, 0.1) is 12.8 Å². The maximum Gasteiger partial charge on any atom is 0.413 e. The predicted octanol–water partition coefficient (Wildman–Crippen LogP) is 2.27. The Morgan fingerprint density at radius 3 is 2.52 bits per heavy atom. The molecule has 9 heteroatoms. The third-order valence-corrected chi connectivity index (χ3v) is 5.50. The van der Waals surface area contributed by atoms with Crippen molar-refractivity contribution in [1.29, 1.82) is 0 Å². The lowest BCUT2D eigenvalue weighted by molar-refractivity contribution is -0.537. The Morgan fingerprint density at radius 1 is 1.09 bits per heavy atom. The van der Waals surface area contributed by atoms with Crippen molar-refractivity contribution in [1.82, 2.24) is 15.2 Å². The number of urea groups is 1. The van der Waals surface area contributed by atoms with E-state index in [4.69, 9.17) is 4.74 Å². The van der Waals surface area contributed by atoms with Gasteiger partial charge in [-0.3, -0.25) is 14.6 Å². The number of hydrazone groups is 1. The zero-order valence-electron chi connectivity index (χ0n) is 18.9. The number of hydrogen-bond donors (Lipinski definition) is 1. The molecule has 1 fully saturated rings. The van der Waals surface area contributed by atoms with Crippen LogP contribution in [0.2, 0.25) is 0 Å². The number of amides is 3. The molecule has 9 nitrogen and oxygen atoms in total. The molecular formula is C24H27N6O3+. The van der Waals surface area contributed by atoms with Crippen LogP contribution in [0.4, 0.5) is 4.79 Å². The first-order valence-electron chi connectivity index (χ1n) is 10.8. The Hall–Kier alpha value is -4.01. The van der Waals surface area contributed by atoms with Gasteiger partial charge in [-0.15, -0.1) is 5.10 Å². The van der Waals surface area contributed by atoms with Crippen molar-refractivity contribution >= 4 is 29.9 Å². The predicted molar refractivity (Wildman–Crippen MR) is 126 cm³/mol. The van der Waals surface area contributed by atoms with Crippen LogP contribution >= 0.6 is 0 Å². The molecule has 2 heterocycles. The average molecular weight is 448 g/mol. The summed E-state index contributed by atoms with van der Waals surface area (Å²) in [4.78, 5) is 32.0. The number of carbonyl (C=O) groups is 2. The van der Waals surface area contributed by atoms with Gasteiger partial charge in [-0.05, 0) is 41.8 Å². The molecule has 0 radical (unpaired) electrons. The number of guanidine groups is 1. The van der Waals surface area contributed by atoms with E-state index in [0.717, 1.165) is 28.2 Å². The van der Waals surface area contributed by atoms with E-state index in [1.807, 2.05) is 66.1 Å². The second-order valence-corrected chi connectivity index (χ2v) is 7.84. The summed E-state index contributed by atoms with van der Waals surface area (Å²) in [6.45, 7) is 3.13. The third kappa shape index (κ3) is 4.62. The lowest BCUT2D eigenvalue weighted by atomic mass is 10.1. The highest BCUT2D eigenvalue weighted by atomic mass is 16.5. The maximum absolute atomic E-state index is 12.7. The molecule has 1 atom stereocenters. The smallest absolute Gasteiger partial charge is 0.413 e. The number of rotatable bonds is 7. The second kappa shape index (κ2) is 9.64. The lowest BCUT2D eigenvalue weighted by Gasteiger charge is -2.31. The van der Waals surface area contributed by atoms with Crippen LogP contribution in [-0.4, -0.2) is 71.0 Å². The molecule has 0 aromatic heterocycles. The molecule has 1 N–H and O–H groups in total. The van der Waals surface area contributed by atoms with Gasteiger partial charge in [0.1, 0.15) is 12.4 Å². The highest BCUT2D eigenvalue weighted by Crippen LogP contribution is 2.18. The van der Waals surface area contributed by atoms with Crippen molar-refractivity contribution in [2.45, 2.75) is 26.0 Å². The molecule has 4 rings (SSSR count). The van der Waals surface area contributed by atoms with Gasteiger partial charge in [0.15, 0.2) is 0 Å². The average Bonchev–Trinajstić information content (AvgIpc) is 3.20. The summed E-state index contributed by atoms with van der Waals surface area (Å²) in [7, 11) is 3.10. The van der Waals surface area contributed by atoms with Gasteiger partial charge in [0, 0.05) is 14.1 Å². The molecular weight excluding hydrogens is 420 g/mol. The van der Waals surface area contributed by atoms with Crippen LogP contribution < -0.4 is 10.2 Å². The molecule has 0 aliphatic carbocycles. The number of aliphatic imine (C=N–C) groups is 1. The van der Waals surface area contributed by atoms with Crippen LogP contribution in [0, 0.1) is 0 Å². The lowest BCUT2D eigenvalue weighted by Crippen LogP contribution is -2.61. The number of carbonyl (C=O) groups excluding carboxylic acids is 2. The van der Waals surface area contributed by atoms with Crippen LogP contribution in [0.25, 0.3) is 0 Å². The van der Waals surface area contributed by atoms with Crippen LogP contribution in [-0.2, 0) is 11.4 Å². The molecule has 33 heavy (non-hydrogen) atoms. The van der Waals surface area contributed by atoms with E-state index in [-0.39, 0.29) is 5.91 Å². The minimum Gasteiger partial charge on any atom is -0.489 e. The van der Waals surface area contributed by atoms with Gasteiger partial charge in [0.25, 0.3) is 5.91 Å². The minimum absolute atomic E-state index is 0.294. The highest BCUT2D eigenvalue weighted by Gasteiger charge is 2.51. The van der Waals surface area contributed by atoms with Gasteiger partial charge < -0.3 is 4.74 Å². The van der Waals surface area contributed by atoms with Crippen molar-refractivity contribution in [2.75, 3.05) is 20.6 Å². The number of ether oxygens (including phenoxy) is 1. The van der Waals surface area contributed by atoms with Crippen molar-refractivity contribution in [3.8, 4) is 5.75 Å². The van der Waals surface area contributed by atoms with Crippen molar-refractivity contribution in [3.63, 3.8) is 0 Å². The number of nitrogens with one attached hydrogen (secondary N) is 1. The van der Waals surface area contributed by atoms with E-state index in [1.165, 1.54) is 11.9 Å². The fourth-order valence-corrected chi connectivity index (χ4v) is 3.72. The fourth-order valence-electron chi connectivity index (χ4n) is 3.72. The van der Waals surface area contributed by atoms with Crippen LogP contribution in [0.5, 0.6) is 5.75 Å². The largest absolute Gasteiger partial charge is 0.489 e. The number of amidine groups is 1. The third-order valence-electron chi connectivity index (χ3n) is 5.50. The fraction of sp³-hybridized carbons (Fsp3) is 0.292. The first kappa shape index (κ1) is 22.2. The maximum atomic E-state index is 12.7. The molecule has 2 aliphatic rings. The van der Waals surface area contributed by atoms with Gasteiger partial charge in [0.2, 0.25) is 11.9 Å². The normalized spacial score (nSPS) is 18.2. The van der Waals surface area contributed by atoms with Crippen LogP contribution in [0.1, 0.15) is 24.5 Å². The van der Waals surface area contributed by atoms with Gasteiger partial charge in [-0.1, -0.05) is 42.2 Å². The number of hydrogen-bond acceptors (Lipinski definition) is 6. The number of likely N-dealkylation sites (N-methyl/N-ethyl adjacent to an activating group) is 2. The SMILES string of the molecule is CCC[N+]1=C(N/N=C/c2ccc(OCc3ccccc3)cc2)N=C2C1C(=O)N(C)C(=O)N2C. The molecule has 1 unspecified atom stereocenters. The van der Waals surface area contributed by atoms with Crippen LogP contribution in [0.15, 0.2) is 64.7 Å². The van der Waals surface area contributed by atoms with Crippen molar-refractivity contribution in [2.24, 2.45) is 10.1 Å². The molecule has 0 spiro atoms. The minimum atomic E-state index is -0.628.